The number of carbonyl (C=O) groups excluding carboxylic acids is 1. The van der Waals surface area contributed by atoms with E-state index in [9.17, 15) is 4.79 Å². The molecule has 0 radical (unpaired) electrons. The molecule has 0 aromatic carbocycles. The van der Waals surface area contributed by atoms with Gasteiger partial charge in [-0.25, -0.2) is 0 Å². The normalized spacial score (nSPS) is 16.1. The van der Waals surface area contributed by atoms with Gasteiger partial charge in [0.2, 0.25) is 5.91 Å². The van der Waals surface area contributed by atoms with E-state index in [2.05, 4.69) is 17.6 Å². The van der Waals surface area contributed by atoms with Crippen LogP contribution >= 0.6 is 22.9 Å². The third kappa shape index (κ3) is 4.59. The molecule has 1 amide bonds. The highest BCUT2D eigenvalue weighted by atomic mass is 35.5. The Morgan fingerprint density at radius 3 is 2.56 bits per heavy atom. The first kappa shape index (κ1) is 15.5. The molecule has 18 heavy (non-hydrogen) atoms. The van der Waals surface area contributed by atoms with Crippen molar-refractivity contribution in [2.45, 2.75) is 52.2 Å². The van der Waals surface area contributed by atoms with Crippen molar-refractivity contribution < 1.29 is 4.79 Å². The first-order valence-electron chi connectivity index (χ1n) is 6.25. The van der Waals surface area contributed by atoms with Crippen LogP contribution in [-0.4, -0.2) is 18.0 Å². The number of halogens is 1. The monoisotopic (exact) mass is 288 g/mol. The Morgan fingerprint density at radius 2 is 2.06 bits per heavy atom. The van der Waals surface area contributed by atoms with Crippen LogP contribution in [0, 0.1) is 0 Å². The molecule has 2 N–H and O–H groups in total. The molecule has 0 aliphatic heterocycles. The minimum absolute atomic E-state index is 0.0406. The summed E-state index contributed by atoms with van der Waals surface area (Å²) in [5.41, 5.74) is 0. The summed E-state index contributed by atoms with van der Waals surface area (Å²) in [5, 5.41) is 6.25. The van der Waals surface area contributed by atoms with Crippen molar-refractivity contribution in [1.29, 1.82) is 0 Å². The summed E-state index contributed by atoms with van der Waals surface area (Å²) >= 11 is 7.44. The molecule has 5 heteroatoms. The highest BCUT2D eigenvalue weighted by Crippen LogP contribution is 2.26. The fourth-order valence-electron chi connectivity index (χ4n) is 1.56. The van der Waals surface area contributed by atoms with Crippen LogP contribution in [-0.2, 0) is 4.79 Å². The second kappa shape index (κ2) is 7.12. The molecule has 0 spiro atoms. The summed E-state index contributed by atoms with van der Waals surface area (Å²) in [4.78, 5) is 13.0. The Morgan fingerprint density at radius 1 is 1.39 bits per heavy atom. The highest BCUT2D eigenvalue weighted by molar-refractivity contribution is 7.16. The maximum atomic E-state index is 11.9. The van der Waals surface area contributed by atoms with Gasteiger partial charge in [-0.3, -0.25) is 10.1 Å². The Labute approximate surface area is 118 Å². The fraction of sp³-hybridized carbons (Fsp3) is 0.615. The topological polar surface area (TPSA) is 41.1 Å². The van der Waals surface area contributed by atoms with Crippen LogP contribution in [0.5, 0.6) is 0 Å². The van der Waals surface area contributed by atoms with Crippen molar-refractivity contribution in [3.63, 3.8) is 0 Å². The molecule has 0 saturated heterocycles. The SMILES string of the molecule is CCC(C)NC(=O)C(C)NC(C)c1ccc(Cl)s1. The first-order valence-corrected chi connectivity index (χ1v) is 7.45. The lowest BCUT2D eigenvalue weighted by Gasteiger charge is -2.20. The Hall–Kier alpha value is -0.580. The van der Waals surface area contributed by atoms with Crippen LogP contribution in [0.1, 0.15) is 45.0 Å². The van der Waals surface area contributed by atoms with E-state index in [1.807, 2.05) is 32.9 Å². The molecule has 0 aliphatic rings. The third-order valence-electron chi connectivity index (χ3n) is 2.92. The third-order valence-corrected chi connectivity index (χ3v) is 4.33. The standard InChI is InChI=1S/C13H21ClN2OS/c1-5-8(2)15-13(17)10(4)16-9(3)11-6-7-12(14)18-11/h6-10,16H,5H2,1-4H3,(H,15,17). The van der Waals surface area contributed by atoms with Gasteiger partial charge in [0.25, 0.3) is 0 Å². The summed E-state index contributed by atoms with van der Waals surface area (Å²) in [6.45, 7) is 7.98. The zero-order valence-corrected chi connectivity index (χ0v) is 12.9. The largest absolute Gasteiger partial charge is 0.352 e. The van der Waals surface area contributed by atoms with E-state index in [0.717, 1.165) is 15.6 Å². The second-order valence-electron chi connectivity index (χ2n) is 4.57. The van der Waals surface area contributed by atoms with E-state index in [4.69, 9.17) is 11.6 Å². The molecular formula is C13H21ClN2OS. The second-order valence-corrected chi connectivity index (χ2v) is 6.32. The molecule has 1 rings (SSSR count). The van der Waals surface area contributed by atoms with Gasteiger partial charge in [0.05, 0.1) is 10.4 Å². The molecule has 3 atom stereocenters. The number of rotatable bonds is 6. The van der Waals surface area contributed by atoms with Crippen LogP contribution in [0.15, 0.2) is 12.1 Å². The van der Waals surface area contributed by atoms with E-state index in [-0.39, 0.29) is 24.0 Å². The summed E-state index contributed by atoms with van der Waals surface area (Å²) in [7, 11) is 0. The number of hydrogen-bond acceptors (Lipinski definition) is 3. The van der Waals surface area contributed by atoms with Gasteiger partial charge < -0.3 is 5.32 Å². The van der Waals surface area contributed by atoms with Crippen LogP contribution in [0.25, 0.3) is 0 Å². The fourth-order valence-corrected chi connectivity index (χ4v) is 2.64. The zero-order chi connectivity index (χ0) is 13.7. The number of thiophene rings is 1. The van der Waals surface area contributed by atoms with E-state index in [1.54, 1.807) is 0 Å². The molecule has 3 nitrogen and oxygen atoms in total. The average molecular weight is 289 g/mol. The predicted octanol–water partition coefficient (Wildman–Crippen LogP) is 3.36. The lowest BCUT2D eigenvalue weighted by Crippen LogP contribution is -2.45. The molecule has 0 saturated carbocycles. The molecule has 1 heterocycles. The molecule has 1 aromatic rings. The lowest BCUT2D eigenvalue weighted by molar-refractivity contribution is -0.123. The van der Waals surface area contributed by atoms with Crippen molar-refractivity contribution in [3.8, 4) is 0 Å². The molecule has 0 bridgehead atoms. The van der Waals surface area contributed by atoms with Gasteiger partial charge in [-0.1, -0.05) is 18.5 Å². The smallest absolute Gasteiger partial charge is 0.237 e. The van der Waals surface area contributed by atoms with E-state index < -0.39 is 0 Å². The van der Waals surface area contributed by atoms with E-state index >= 15 is 0 Å². The summed E-state index contributed by atoms with van der Waals surface area (Å²) in [6, 6.07) is 4.00. The van der Waals surface area contributed by atoms with Gasteiger partial charge in [-0.2, -0.15) is 0 Å². The zero-order valence-electron chi connectivity index (χ0n) is 11.3. The van der Waals surface area contributed by atoms with Gasteiger partial charge in [0, 0.05) is 17.0 Å². The van der Waals surface area contributed by atoms with Gasteiger partial charge in [-0.15, -0.1) is 11.3 Å². The highest BCUT2D eigenvalue weighted by Gasteiger charge is 2.18. The Bertz CT molecular complexity index is 394. The summed E-state index contributed by atoms with van der Waals surface area (Å²) in [5.74, 6) is 0.0406. The van der Waals surface area contributed by atoms with Crippen molar-refractivity contribution in [3.05, 3.63) is 21.3 Å². The molecule has 0 fully saturated rings. The average Bonchev–Trinajstić information content (AvgIpc) is 2.75. The van der Waals surface area contributed by atoms with Crippen LogP contribution in [0.2, 0.25) is 4.34 Å². The lowest BCUT2D eigenvalue weighted by atomic mass is 10.2. The molecular weight excluding hydrogens is 268 g/mol. The number of carbonyl (C=O) groups is 1. The Kier molecular flexibility index (Phi) is 6.12. The minimum atomic E-state index is -0.213. The molecule has 1 aromatic heterocycles. The predicted molar refractivity (Wildman–Crippen MR) is 78.2 cm³/mol. The van der Waals surface area contributed by atoms with Crippen LogP contribution in [0.4, 0.5) is 0 Å². The van der Waals surface area contributed by atoms with Crippen LogP contribution < -0.4 is 10.6 Å². The van der Waals surface area contributed by atoms with Gasteiger partial charge in [0.1, 0.15) is 0 Å². The van der Waals surface area contributed by atoms with Gasteiger partial charge in [-0.05, 0) is 39.3 Å². The minimum Gasteiger partial charge on any atom is -0.352 e. The van der Waals surface area contributed by atoms with E-state index in [1.165, 1.54) is 11.3 Å². The number of hydrogen-bond donors (Lipinski definition) is 2. The summed E-state index contributed by atoms with van der Waals surface area (Å²) < 4.78 is 0.773. The van der Waals surface area contributed by atoms with Crippen LogP contribution in [0.3, 0.4) is 0 Å². The van der Waals surface area contributed by atoms with Crippen molar-refractivity contribution in [2.75, 3.05) is 0 Å². The maximum absolute atomic E-state index is 11.9. The van der Waals surface area contributed by atoms with Gasteiger partial charge in [0.15, 0.2) is 0 Å². The van der Waals surface area contributed by atoms with Crippen molar-refractivity contribution in [2.24, 2.45) is 0 Å². The number of nitrogens with one attached hydrogen (secondary N) is 2. The van der Waals surface area contributed by atoms with Crippen molar-refractivity contribution >= 4 is 28.8 Å². The maximum Gasteiger partial charge on any atom is 0.237 e. The number of amides is 1. The molecule has 0 aliphatic carbocycles. The van der Waals surface area contributed by atoms with Crippen molar-refractivity contribution in [1.82, 2.24) is 10.6 Å². The Balaban J connectivity index is 2.48. The molecule has 3 unspecified atom stereocenters. The first-order chi connectivity index (χ1) is 8.43. The summed E-state index contributed by atoms with van der Waals surface area (Å²) in [6.07, 6.45) is 0.939. The quantitative estimate of drug-likeness (QED) is 0.843. The molecule has 102 valence electrons. The van der Waals surface area contributed by atoms with E-state index in [0.29, 0.717) is 0 Å². The van der Waals surface area contributed by atoms with Gasteiger partial charge >= 0.3 is 0 Å².